The van der Waals surface area contributed by atoms with Crippen LogP contribution in [0.1, 0.15) is 17.7 Å². The molecule has 0 spiro atoms. The van der Waals surface area contributed by atoms with Crippen LogP contribution in [-0.2, 0) is 0 Å². The van der Waals surface area contributed by atoms with E-state index >= 15 is 0 Å². The molecule has 0 fully saturated rings. The summed E-state index contributed by atoms with van der Waals surface area (Å²) in [6.07, 6.45) is 1.19. The fourth-order valence-electron chi connectivity index (χ4n) is 1.11. The van der Waals surface area contributed by atoms with Gasteiger partial charge in [-0.05, 0) is 38.0 Å². The Kier molecular flexibility index (Phi) is 4.81. The third-order valence-corrected chi connectivity index (χ3v) is 3.16. The number of rotatable bonds is 4. The van der Waals surface area contributed by atoms with Crippen molar-refractivity contribution in [2.75, 3.05) is 11.1 Å². The number of alkyl halides is 1. The van der Waals surface area contributed by atoms with E-state index in [1.165, 1.54) is 12.0 Å². The lowest BCUT2D eigenvalue weighted by Gasteiger charge is -2.02. The molecule has 0 N–H and O–H groups in total. The molecule has 0 aliphatic carbocycles. The average Bonchev–Trinajstić information content (AvgIpc) is 2.03. The molecule has 0 aliphatic rings. The molecule has 0 aliphatic heterocycles. The minimum absolute atomic E-state index is 1.07. The van der Waals surface area contributed by atoms with Gasteiger partial charge in [-0.25, -0.2) is 4.98 Å². The van der Waals surface area contributed by atoms with E-state index in [9.17, 15) is 0 Å². The zero-order chi connectivity index (χ0) is 9.68. The van der Waals surface area contributed by atoms with Crippen LogP contribution in [0.2, 0.25) is 0 Å². The van der Waals surface area contributed by atoms with Crippen LogP contribution in [0, 0.1) is 13.8 Å². The van der Waals surface area contributed by atoms with Gasteiger partial charge in [-0.15, -0.1) is 11.8 Å². The lowest BCUT2D eigenvalue weighted by molar-refractivity contribution is 1.04. The second kappa shape index (κ2) is 5.66. The maximum atomic E-state index is 4.45. The molecule has 0 radical (unpaired) electrons. The fraction of sp³-hybridized carbons (Fsp3) is 0.500. The first kappa shape index (κ1) is 11.1. The third kappa shape index (κ3) is 4.14. The number of aromatic nitrogens is 1. The monoisotopic (exact) mass is 259 g/mol. The molecule has 13 heavy (non-hydrogen) atoms. The molecule has 0 amide bonds. The summed E-state index contributed by atoms with van der Waals surface area (Å²) >= 11 is 5.25. The van der Waals surface area contributed by atoms with Gasteiger partial charge in [-0.3, -0.25) is 0 Å². The van der Waals surface area contributed by atoms with Gasteiger partial charge >= 0.3 is 0 Å². The maximum absolute atomic E-state index is 4.45. The van der Waals surface area contributed by atoms with Crippen LogP contribution in [0.4, 0.5) is 0 Å². The van der Waals surface area contributed by atoms with Gasteiger partial charge in [0.1, 0.15) is 0 Å². The second-order valence-corrected chi connectivity index (χ2v) is 4.92. The van der Waals surface area contributed by atoms with E-state index in [1.807, 2.05) is 18.7 Å². The van der Waals surface area contributed by atoms with Gasteiger partial charge in [0.2, 0.25) is 0 Å². The number of aryl methyl sites for hydroxylation is 2. The number of pyridine rings is 1. The molecule has 0 bridgehead atoms. The normalized spacial score (nSPS) is 10.4. The minimum Gasteiger partial charge on any atom is -0.247 e. The first-order valence-electron chi connectivity index (χ1n) is 4.36. The van der Waals surface area contributed by atoms with E-state index in [0.29, 0.717) is 0 Å². The zero-order valence-corrected chi connectivity index (χ0v) is 10.4. The van der Waals surface area contributed by atoms with Gasteiger partial charge in [0.05, 0.1) is 5.03 Å². The molecule has 1 aromatic rings. The number of nitrogens with zero attached hydrogens (tertiary/aromatic N) is 1. The summed E-state index contributed by atoms with van der Waals surface area (Å²) in [7, 11) is 0. The molecule has 1 heterocycles. The maximum Gasteiger partial charge on any atom is 0.0965 e. The summed E-state index contributed by atoms with van der Waals surface area (Å²) in [6.45, 7) is 4.16. The van der Waals surface area contributed by atoms with Gasteiger partial charge < -0.3 is 0 Å². The highest BCUT2D eigenvalue weighted by atomic mass is 79.9. The molecule has 1 aromatic heterocycles. The largest absolute Gasteiger partial charge is 0.247 e. The van der Waals surface area contributed by atoms with Crippen LogP contribution >= 0.6 is 27.7 Å². The van der Waals surface area contributed by atoms with Gasteiger partial charge in [0, 0.05) is 16.8 Å². The van der Waals surface area contributed by atoms with Crippen molar-refractivity contribution in [1.82, 2.24) is 4.98 Å². The van der Waals surface area contributed by atoms with Crippen LogP contribution in [-0.4, -0.2) is 16.1 Å². The van der Waals surface area contributed by atoms with Crippen molar-refractivity contribution in [2.45, 2.75) is 25.3 Å². The molecule has 0 unspecified atom stereocenters. The molecule has 0 saturated heterocycles. The SMILES string of the molecule is Cc1cc(C)nc(SCCCBr)c1. The summed E-state index contributed by atoms with van der Waals surface area (Å²) in [6, 6.07) is 4.25. The summed E-state index contributed by atoms with van der Waals surface area (Å²) in [5.41, 5.74) is 2.41. The third-order valence-electron chi connectivity index (χ3n) is 1.60. The second-order valence-electron chi connectivity index (χ2n) is 3.02. The van der Waals surface area contributed by atoms with Crippen molar-refractivity contribution in [1.29, 1.82) is 0 Å². The zero-order valence-electron chi connectivity index (χ0n) is 8.01. The van der Waals surface area contributed by atoms with Crippen molar-refractivity contribution in [3.05, 3.63) is 23.4 Å². The van der Waals surface area contributed by atoms with Gasteiger partial charge in [0.15, 0.2) is 0 Å². The number of hydrogen-bond donors (Lipinski definition) is 0. The Morgan fingerprint density at radius 3 is 2.77 bits per heavy atom. The number of halogens is 1. The van der Waals surface area contributed by atoms with Crippen molar-refractivity contribution in [3.8, 4) is 0 Å². The van der Waals surface area contributed by atoms with Gasteiger partial charge in [-0.2, -0.15) is 0 Å². The highest BCUT2D eigenvalue weighted by Crippen LogP contribution is 2.18. The molecule has 0 atom stereocenters. The van der Waals surface area contributed by atoms with E-state index in [0.717, 1.165) is 21.8 Å². The van der Waals surface area contributed by atoms with E-state index in [-0.39, 0.29) is 0 Å². The molecule has 3 heteroatoms. The summed E-state index contributed by atoms with van der Waals surface area (Å²) in [4.78, 5) is 4.45. The van der Waals surface area contributed by atoms with Gasteiger partial charge in [0.25, 0.3) is 0 Å². The Morgan fingerprint density at radius 2 is 2.15 bits per heavy atom. The van der Waals surface area contributed by atoms with E-state index in [1.54, 1.807) is 0 Å². The van der Waals surface area contributed by atoms with Crippen molar-refractivity contribution < 1.29 is 0 Å². The lowest BCUT2D eigenvalue weighted by atomic mass is 10.3. The van der Waals surface area contributed by atoms with Crippen LogP contribution in [0.25, 0.3) is 0 Å². The first-order chi connectivity index (χ1) is 6.22. The van der Waals surface area contributed by atoms with Crippen molar-refractivity contribution >= 4 is 27.7 Å². The summed E-state index contributed by atoms with van der Waals surface area (Å²) < 4.78 is 0. The van der Waals surface area contributed by atoms with E-state index in [2.05, 4.69) is 40.0 Å². The highest BCUT2D eigenvalue weighted by Gasteiger charge is 1.97. The van der Waals surface area contributed by atoms with Crippen LogP contribution < -0.4 is 0 Å². The van der Waals surface area contributed by atoms with Crippen molar-refractivity contribution in [2.24, 2.45) is 0 Å². The molecule has 0 saturated carbocycles. The first-order valence-corrected chi connectivity index (χ1v) is 6.47. The Bertz CT molecular complexity index is 255. The Hall–Kier alpha value is -0.0200. The molecule has 1 nitrogen and oxygen atoms in total. The topological polar surface area (TPSA) is 12.9 Å². The molecule has 0 aromatic carbocycles. The molecule has 1 rings (SSSR count). The Morgan fingerprint density at radius 1 is 1.38 bits per heavy atom. The number of thioether (sulfide) groups is 1. The Balaban J connectivity index is 2.56. The smallest absolute Gasteiger partial charge is 0.0965 e. The summed E-state index contributed by atoms with van der Waals surface area (Å²) in [5, 5.41) is 2.23. The van der Waals surface area contributed by atoms with E-state index < -0.39 is 0 Å². The standard InChI is InChI=1S/C10H14BrNS/c1-8-6-9(2)12-10(7-8)13-5-3-4-11/h6-7H,3-5H2,1-2H3. The van der Waals surface area contributed by atoms with E-state index in [4.69, 9.17) is 0 Å². The van der Waals surface area contributed by atoms with Crippen LogP contribution in [0.5, 0.6) is 0 Å². The molecular formula is C10H14BrNS. The average molecular weight is 260 g/mol. The van der Waals surface area contributed by atoms with Crippen LogP contribution in [0.15, 0.2) is 17.2 Å². The molecular weight excluding hydrogens is 246 g/mol. The fourth-order valence-corrected chi connectivity index (χ4v) is 2.74. The Labute approximate surface area is 92.5 Å². The lowest BCUT2D eigenvalue weighted by Crippen LogP contribution is -1.88. The van der Waals surface area contributed by atoms with Gasteiger partial charge in [-0.1, -0.05) is 15.9 Å². The van der Waals surface area contributed by atoms with Crippen molar-refractivity contribution in [3.63, 3.8) is 0 Å². The quantitative estimate of drug-likeness (QED) is 0.466. The highest BCUT2D eigenvalue weighted by molar-refractivity contribution is 9.09. The number of hydrogen-bond acceptors (Lipinski definition) is 2. The predicted molar refractivity (Wildman–Crippen MR) is 62.8 cm³/mol. The predicted octanol–water partition coefficient (Wildman–Crippen LogP) is 3.58. The van der Waals surface area contributed by atoms with Crippen LogP contribution in [0.3, 0.4) is 0 Å². The molecule has 72 valence electrons. The minimum atomic E-state index is 1.07. The summed E-state index contributed by atoms with van der Waals surface area (Å²) in [5.74, 6) is 1.14.